The first-order chi connectivity index (χ1) is 12.6. The molecule has 4 aromatic rings. The number of hydrogen-bond acceptors (Lipinski definition) is 3. The Morgan fingerprint density at radius 3 is 2.73 bits per heavy atom. The fourth-order valence-electron chi connectivity index (χ4n) is 3.18. The van der Waals surface area contributed by atoms with Gasteiger partial charge in [0.15, 0.2) is 0 Å². The predicted molar refractivity (Wildman–Crippen MR) is 96.1 cm³/mol. The van der Waals surface area contributed by atoms with Gasteiger partial charge in [0, 0.05) is 30.9 Å². The third-order valence-electron chi connectivity index (χ3n) is 4.36. The Hall–Kier alpha value is -3.22. The molecule has 0 aliphatic heterocycles. The van der Waals surface area contributed by atoms with Crippen LogP contribution >= 0.6 is 0 Å². The van der Waals surface area contributed by atoms with Crippen molar-refractivity contribution in [2.45, 2.75) is 19.9 Å². The first kappa shape index (κ1) is 16.3. The van der Waals surface area contributed by atoms with Crippen molar-refractivity contribution in [1.29, 1.82) is 0 Å². The quantitative estimate of drug-likeness (QED) is 0.569. The van der Waals surface area contributed by atoms with E-state index < -0.39 is 11.6 Å². The molecule has 0 spiro atoms. The molecule has 5 nitrogen and oxygen atoms in total. The molecule has 0 fully saturated rings. The lowest BCUT2D eigenvalue weighted by molar-refractivity contribution is 0.583. The number of aryl methyl sites for hydroxylation is 1. The molecule has 0 unspecified atom stereocenters. The lowest BCUT2D eigenvalue weighted by Crippen LogP contribution is -2.09. The zero-order valence-corrected chi connectivity index (χ0v) is 14.2. The normalized spacial score (nSPS) is 11.3. The number of nitrogens with two attached hydrogens (primary N) is 1. The highest BCUT2D eigenvalue weighted by molar-refractivity contribution is 5.79. The van der Waals surface area contributed by atoms with E-state index in [1.54, 1.807) is 12.3 Å². The van der Waals surface area contributed by atoms with E-state index in [4.69, 9.17) is 5.73 Å². The van der Waals surface area contributed by atoms with Gasteiger partial charge in [-0.25, -0.2) is 18.4 Å². The maximum atomic E-state index is 14.1. The van der Waals surface area contributed by atoms with Crippen molar-refractivity contribution in [3.8, 4) is 5.69 Å². The van der Waals surface area contributed by atoms with Gasteiger partial charge in [-0.1, -0.05) is 0 Å². The largest absolute Gasteiger partial charge is 0.399 e. The van der Waals surface area contributed by atoms with E-state index in [0.29, 0.717) is 17.8 Å². The monoisotopic (exact) mass is 353 g/mol. The minimum absolute atomic E-state index is 0.0772. The van der Waals surface area contributed by atoms with Gasteiger partial charge in [0.05, 0.1) is 16.7 Å². The third kappa shape index (κ3) is 2.71. The Bertz CT molecular complexity index is 1100. The fourth-order valence-corrected chi connectivity index (χ4v) is 3.18. The lowest BCUT2D eigenvalue weighted by Gasteiger charge is -2.10. The summed E-state index contributed by atoms with van der Waals surface area (Å²) >= 11 is 0. The minimum Gasteiger partial charge on any atom is -0.399 e. The number of nitrogens with zero attached hydrogens (tertiary/aromatic N) is 4. The average Bonchev–Trinajstić information content (AvgIpc) is 3.20. The van der Waals surface area contributed by atoms with Crippen molar-refractivity contribution in [2.75, 3.05) is 5.73 Å². The maximum absolute atomic E-state index is 14.1. The summed E-state index contributed by atoms with van der Waals surface area (Å²) in [5.41, 5.74) is 9.09. The van der Waals surface area contributed by atoms with Crippen LogP contribution in [0.5, 0.6) is 0 Å². The molecule has 4 rings (SSSR count). The molecule has 0 saturated carbocycles. The van der Waals surface area contributed by atoms with Gasteiger partial charge in [-0.15, -0.1) is 0 Å². The topological polar surface area (TPSA) is 61.7 Å². The number of fused-ring (bicyclic) bond motifs is 1. The van der Waals surface area contributed by atoms with Gasteiger partial charge < -0.3 is 10.3 Å². The number of benzene rings is 2. The highest BCUT2D eigenvalue weighted by Gasteiger charge is 2.15. The molecule has 2 aromatic carbocycles. The van der Waals surface area contributed by atoms with E-state index in [-0.39, 0.29) is 5.69 Å². The van der Waals surface area contributed by atoms with Gasteiger partial charge in [0.25, 0.3) is 0 Å². The first-order valence-corrected chi connectivity index (χ1v) is 8.29. The number of nitrogen functional groups attached to an aromatic ring is 1. The SMILES string of the molecule is CCn1c(Cc2ccnn2-c2cc(F)ccc2F)nc2cc(N)ccc21. The third-order valence-corrected chi connectivity index (χ3v) is 4.36. The second-order valence-corrected chi connectivity index (χ2v) is 6.03. The maximum Gasteiger partial charge on any atom is 0.149 e. The summed E-state index contributed by atoms with van der Waals surface area (Å²) in [4.78, 5) is 4.67. The van der Waals surface area contributed by atoms with Crippen LogP contribution in [0.15, 0.2) is 48.7 Å². The van der Waals surface area contributed by atoms with Crippen LogP contribution in [0.1, 0.15) is 18.4 Å². The summed E-state index contributed by atoms with van der Waals surface area (Å²) in [5.74, 6) is -0.237. The molecule has 0 saturated heterocycles. The van der Waals surface area contributed by atoms with Gasteiger partial charge in [-0.05, 0) is 43.3 Å². The fraction of sp³-hybridized carbons (Fsp3) is 0.158. The number of halogens is 2. The van der Waals surface area contributed by atoms with Crippen LogP contribution < -0.4 is 5.73 Å². The zero-order chi connectivity index (χ0) is 18.3. The van der Waals surface area contributed by atoms with E-state index in [0.717, 1.165) is 41.6 Å². The molecule has 0 bridgehead atoms. The second kappa shape index (κ2) is 6.25. The molecule has 0 atom stereocenters. The molecule has 7 heteroatoms. The van der Waals surface area contributed by atoms with Gasteiger partial charge >= 0.3 is 0 Å². The van der Waals surface area contributed by atoms with E-state index in [9.17, 15) is 8.78 Å². The Balaban J connectivity index is 1.79. The summed E-state index contributed by atoms with van der Waals surface area (Å²) in [6, 6.07) is 10.7. The molecular formula is C19H17F2N5. The van der Waals surface area contributed by atoms with Crippen LogP contribution in [0.2, 0.25) is 0 Å². The number of rotatable bonds is 4. The van der Waals surface area contributed by atoms with Crippen molar-refractivity contribution in [2.24, 2.45) is 0 Å². The first-order valence-electron chi connectivity index (χ1n) is 8.29. The van der Waals surface area contributed by atoms with Crippen molar-refractivity contribution >= 4 is 16.7 Å². The molecule has 2 heterocycles. The summed E-state index contributed by atoms with van der Waals surface area (Å²) < 4.78 is 31.2. The van der Waals surface area contributed by atoms with Crippen LogP contribution in [0.25, 0.3) is 16.7 Å². The second-order valence-electron chi connectivity index (χ2n) is 6.03. The van der Waals surface area contributed by atoms with Crippen LogP contribution in [-0.4, -0.2) is 19.3 Å². The molecule has 2 N–H and O–H groups in total. The summed E-state index contributed by atoms with van der Waals surface area (Å²) in [5, 5.41) is 4.16. The molecule has 0 aliphatic carbocycles. The summed E-state index contributed by atoms with van der Waals surface area (Å²) in [7, 11) is 0. The van der Waals surface area contributed by atoms with Crippen molar-refractivity contribution in [3.63, 3.8) is 0 Å². The standard InChI is InChI=1S/C19H17F2N5/c1-2-25-17-6-4-13(22)10-16(17)24-19(25)11-14-7-8-23-26(14)18-9-12(20)3-5-15(18)21/h3-10H,2,11,22H2,1H3. The van der Waals surface area contributed by atoms with Crippen molar-refractivity contribution < 1.29 is 8.78 Å². The van der Waals surface area contributed by atoms with Gasteiger partial charge in [0.1, 0.15) is 23.1 Å². The van der Waals surface area contributed by atoms with E-state index >= 15 is 0 Å². The van der Waals surface area contributed by atoms with Crippen LogP contribution in [0.4, 0.5) is 14.5 Å². The zero-order valence-electron chi connectivity index (χ0n) is 14.2. The predicted octanol–water partition coefficient (Wildman–Crippen LogP) is 3.69. The summed E-state index contributed by atoms with van der Waals surface area (Å²) in [6.07, 6.45) is 2.00. The lowest BCUT2D eigenvalue weighted by atomic mass is 10.2. The van der Waals surface area contributed by atoms with Gasteiger partial charge in [-0.2, -0.15) is 5.10 Å². The van der Waals surface area contributed by atoms with Crippen LogP contribution in [0, 0.1) is 11.6 Å². The molecule has 0 amide bonds. The Labute approximate surface area is 148 Å². The Morgan fingerprint density at radius 2 is 1.92 bits per heavy atom. The van der Waals surface area contributed by atoms with Crippen LogP contribution in [0.3, 0.4) is 0 Å². The number of hydrogen-bond donors (Lipinski definition) is 1. The Morgan fingerprint density at radius 1 is 1.08 bits per heavy atom. The smallest absolute Gasteiger partial charge is 0.149 e. The van der Waals surface area contributed by atoms with Crippen LogP contribution in [-0.2, 0) is 13.0 Å². The average molecular weight is 353 g/mol. The summed E-state index contributed by atoms with van der Waals surface area (Å²) in [6.45, 7) is 2.77. The van der Waals surface area contributed by atoms with Gasteiger partial charge in [-0.3, -0.25) is 0 Å². The molecule has 0 radical (unpaired) electrons. The number of anilines is 1. The van der Waals surface area contributed by atoms with Crippen molar-refractivity contribution in [3.05, 3.63) is 71.8 Å². The van der Waals surface area contributed by atoms with E-state index in [1.165, 1.54) is 4.68 Å². The molecule has 0 aliphatic rings. The van der Waals surface area contributed by atoms with Crippen molar-refractivity contribution in [1.82, 2.24) is 19.3 Å². The van der Waals surface area contributed by atoms with Gasteiger partial charge in [0.2, 0.25) is 0 Å². The number of aromatic nitrogens is 4. The molecule has 132 valence electrons. The van der Waals surface area contributed by atoms with E-state index in [1.807, 2.05) is 25.1 Å². The molecule has 2 aromatic heterocycles. The highest BCUT2D eigenvalue weighted by Crippen LogP contribution is 2.23. The number of imidazole rings is 1. The van der Waals surface area contributed by atoms with E-state index in [2.05, 4.69) is 14.6 Å². The molecule has 26 heavy (non-hydrogen) atoms. The Kier molecular flexibility index (Phi) is 3.91. The molecular weight excluding hydrogens is 336 g/mol. The highest BCUT2D eigenvalue weighted by atomic mass is 19.1. The minimum atomic E-state index is -0.534.